The van der Waals surface area contributed by atoms with Gasteiger partial charge in [0.15, 0.2) is 0 Å². The molecule has 141 valence electrons. The van der Waals surface area contributed by atoms with Crippen molar-refractivity contribution in [3.8, 4) is 16.2 Å². The van der Waals surface area contributed by atoms with Crippen LogP contribution in [0.25, 0.3) is 21.2 Å². The highest BCUT2D eigenvalue weighted by Gasteiger charge is 2.14. The van der Waals surface area contributed by atoms with E-state index < -0.39 is 0 Å². The third kappa shape index (κ3) is 3.87. The van der Waals surface area contributed by atoms with Crippen molar-refractivity contribution in [2.24, 2.45) is 5.92 Å². The lowest BCUT2D eigenvalue weighted by Gasteiger charge is -2.14. The van der Waals surface area contributed by atoms with Gasteiger partial charge in [-0.05, 0) is 41.1 Å². The number of fused-ring (bicyclic) bond motifs is 1. The Bertz CT molecular complexity index is 1130. The minimum absolute atomic E-state index is 0.00128. The van der Waals surface area contributed by atoms with Gasteiger partial charge in [0.05, 0.1) is 6.20 Å². The SMILES string of the molecule is CC(C)Cn1[c]c(-c2cccs2)c2cc(OCc3ccccc3)ccc2c1=O. The fourth-order valence-electron chi connectivity index (χ4n) is 3.24. The zero-order valence-electron chi connectivity index (χ0n) is 16.0. The van der Waals surface area contributed by atoms with Crippen LogP contribution in [0.15, 0.2) is 70.8 Å². The Morgan fingerprint density at radius 3 is 2.57 bits per heavy atom. The summed E-state index contributed by atoms with van der Waals surface area (Å²) in [5.41, 5.74) is 2.06. The third-order valence-electron chi connectivity index (χ3n) is 4.55. The topological polar surface area (TPSA) is 31.2 Å². The first-order valence-electron chi connectivity index (χ1n) is 9.42. The fourth-order valence-corrected chi connectivity index (χ4v) is 3.98. The molecule has 1 radical (unpaired) electrons. The van der Waals surface area contributed by atoms with E-state index >= 15 is 0 Å². The van der Waals surface area contributed by atoms with Crippen LogP contribution in [0.5, 0.6) is 5.75 Å². The molecule has 0 aliphatic carbocycles. The highest BCUT2D eigenvalue weighted by molar-refractivity contribution is 7.13. The molecule has 0 spiro atoms. The molecule has 0 fully saturated rings. The minimum atomic E-state index is -0.00128. The number of aromatic nitrogens is 1. The van der Waals surface area contributed by atoms with Crippen molar-refractivity contribution in [1.29, 1.82) is 0 Å². The summed E-state index contributed by atoms with van der Waals surface area (Å²) in [6, 6.07) is 19.9. The molecule has 0 aliphatic heterocycles. The highest BCUT2D eigenvalue weighted by atomic mass is 32.1. The van der Waals surface area contributed by atoms with Gasteiger partial charge in [-0.1, -0.05) is 50.2 Å². The van der Waals surface area contributed by atoms with Crippen molar-refractivity contribution in [2.45, 2.75) is 27.0 Å². The van der Waals surface area contributed by atoms with Gasteiger partial charge in [-0.2, -0.15) is 0 Å². The number of rotatable bonds is 6. The van der Waals surface area contributed by atoms with Crippen LogP contribution < -0.4 is 10.3 Å². The lowest BCUT2D eigenvalue weighted by atomic mass is 10.1. The molecule has 4 aromatic rings. The number of thiophene rings is 1. The van der Waals surface area contributed by atoms with Gasteiger partial charge in [0.1, 0.15) is 12.4 Å². The number of nitrogens with zero attached hydrogens (tertiary/aromatic N) is 1. The zero-order chi connectivity index (χ0) is 19.5. The fraction of sp³-hybridized carbons (Fsp3) is 0.208. The van der Waals surface area contributed by atoms with Crippen LogP contribution in [0.4, 0.5) is 0 Å². The van der Waals surface area contributed by atoms with E-state index in [1.165, 1.54) is 0 Å². The predicted molar refractivity (Wildman–Crippen MR) is 116 cm³/mol. The second kappa shape index (κ2) is 8.03. The molecule has 0 atom stereocenters. The first-order chi connectivity index (χ1) is 13.6. The Morgan fingerprint density at radius 1 is 1.04 bits per heavy atom. The van der Waals surface area contributed by atoms with Crippen molar-refractivity contribution in [2.75, 3.05) is 0 Å². The summed E-state index contributed by atoms with van der Waals surface area (Å²) in [6.45, 7) is 5.36. The minimum Gasteiger partial charge on any atom is -0.489 e. The van der Waals surface area contributed by atoms with E-state index in [-0.39, 0.29) is 5.56 Å². The predicted octanol–water partition coefficient (Wildman–Crippen LogP) is 5.77. The number of hydrogen-bond acceptors (Lipinski definition) is 3. The third-order valence-corrected chi connectivity index (χ3v) is 5.43. The molecule has 0 bridgehead atoms. The molecule has 4 rings (SSSR count). The molecule has 0 aliphatic rings. The standard InChI is InChI=1S/C24H22NO2S/c1-17(2)14-25-15-22(23-9-6-12-28-23)21-13-19(10-11-20(21)24(25)26)27-16-18-7-4-3-5-8-18/h3-13,17H,14,16H2,1-2H3. The van der Waals surface area contributed by atoms with E-state index in [0.29, 0.717) is 24.5 Å². The van der Waals surface area contributed by atoms with Crippen LogP contribution in [-0.4, -0.2) is 4.57 Å². The van der Waals surface area contributed by atoms with Gasteiger partial charge in [0, 0.05) is 27.8 Å². The largest absolute Gasteiger partial charge is 0.489 e. The summed E-state index contributed by atoms with van der Waals surface area (Å²) in [5.74, 6) is 1.12. The lowest BCUT2D eigenvalue weighted by Crippen LogP contribution is -2.23. The van der Waals surface area contributed by atoms with Crippen molar-refractivity contribution in [1.82, 2.24) is 4.57 Å². The van der Waals surface area contributed by atoms with Gasteiger partial charge in [0.25, 0.3) is 5.56 Å². The molecule has 4 heteroatoms. The summed E-state index contributed by atoms with van der Waals surface area (Å²) in [5, 5.41) is 3.63. The van der Waals surface area contributed by atoms with Gasteiger partial charge in [-0.15, -0.1) is 11.3 Å². The van der Waals surface area contributed by atoms with Gasteiger partial charge in [-0.3, -0.25) is 4.79 Å². The van der Waals surface area contributed by atoms with Gasteiger partial charge in [0.2, 0.25) is 0 Å². The molecule has 0 saturated carbocycles. The molecule has 0 amide bonds. The van der Waals surface area contributed by atoms with Crippen LogP contribution in [0, 0.1) is 12.1 Å². The van der Waals surface area contributed by atoms with E-state index in [1.54, 1.807) is 15.9 Å². The van der Waals surface area contributed by atoms with Crippen molar-refractivity contribution >= 4 is 22.1 Å². The first-order valence-corrected chi connectivity index (χ1v) is 10.3. The Labute approximate surface area is 168 Å². The quantitative estimate of drug-likeness (QED) is 0.420. The Morgan fingerprint density at radius 2 is 1.86 bits per heavy atom. The van der Waals surface area contributed by atoms with Gasteiger partial charge in [-0.25, -0.2) is 0 Å². The van der Waals surface area contributed by atoms with E-state index in [1.807, 2.05) is 60.0 Å². The maximum absolute atomic E-state index is 13.0. The summed E-state index contributed by atoms with van der Waals surface area (Å²) < 4.78 is 7.70. The van der Waals surface area contributed by atoms with Crippen LogP contribution in [0.3, 0.4) is 0 Å². The molecular formula is C24H22NO2S. The Kier molecular flexibility index (Phi) is 5.31. The van der Waals surface area contributed by atoms with Gasteiger partial charge >= 0.3 is 0 Å². The van der Waals surface area contributed by atoms with Crippen LogP contribution >= 0.6 is 11.3 Å². The molecule has 28 heavy (non-hydrogen) atoms. The average molecular weight is 389 g/mol. The summed E-state index contributed by atoms with van der Waals surface area (Å²) in [4.78, 5) is 14.1. The number of hydrogen-bond donors (Lipinski definition) is 0. The van der Waals surface area contributed by atoms with E-state index in [9.17, 15) is 4.79 Å². The van der Waals surface area contributed by atoms with Crippen molar-refractivity contribution in [3.63, 3.8) is 0 Å². The maximum atomic E-state index is 13.0. The maximum Gasteiger partial charge on any atom is 0.258 e. The lowest BCUT2D eigenvalue weighted by molar-refractivity contribution is 0.306. The number of ether oxygens (including phenoxy) is 1. The molecule has 0 N–H and O–H groups in total. The first kappa shape index (κ1) is 18.5. The Balaban J connectivity index is 1.78. The highest BCUT2D eigenvalue weighted by Crippen LogP contribution is 2.32. The number of pyridine rings is 1. The zero-order valence-corrected chi connectivity index (χ0v) is 16.8. The van der Waals surface area contributed by atoms with Crippen LogP contribution in [0.2, 0.25) is 0 Å². The monoisotopic (exact) mass is 388 g/mol. The van der Waals surface area contributed by atoms with Crippen LogP contribution in [0.1, 0.15) is 19.4 Å². The van der Waals surface area contributed by atoms with E-state index in [2.05, 4.69) is 26.1 Å². The van der Waals surface area contributed by atoms with Crippen LogP contribution in [-0.2, 0) is 13.2 Å². The molecule has 2 aromatic carbocycles. The average Bonchev–Trinajstić information content (AvgIpc) is 3.23. The van der Waals surface area contributed by atoms with E-state index in [0.717, 1.165) is 27.1 Å². The molecule has 2 heterocycles. The molecule has 3 nitrogen and oxygen atoms in total. The second-order valence-electron chi connectivity index (χ2n) is 7.26. The summed E-state index contributed by atoms with van der Waals surface area (Å²) in [7, 11) is 0. The Hall–Kier alpha value is -2.85. The molecular weight excluding hydrogens is 366 g/mol. The second-order valence-corrected chi connectivity index (χ2v) is 8.20. The normalized spacial score (nSPS) is 11.2. The molecule has 0 unspecified atom stereocenters. The molecule has 2 aromatic heterocycles. The van der Waals surface area contributed by atoms with Crippen molar-refractivity contribution in [3.05, 3.63) is 88.2 Å². The molecule has 0 saturated heterocycles. The summed E-state index contributed by atoms with van der Waals surface area (Å²) in [6.07, 6.45) is 3.35. The van der Waals surface area contributed by atoms with Gasteiger partial charge < -0.3 is 9.30 Å². The van der Waals surface area contributed by atoms with Crippen molar-refractivity contribution < 1.29 is 4.74 Å². The van der Waals surface area contributed by atoms with E-state index in [4.69, 9.17) is 4.74 Å². The number of benzene rings is 2. The smallest absolute Gasteiger partial charge is 0.258 e. The summed E-state index contributed by atoms with van der Waals surface area (Å²) >= 11 is 1.65.